The van der Waals surface area contributed by atoms with Crippen molar-refractivity contribution in [3.63, 3.8) is 0 Å². The van der Waals surface area contributed by atoms with Gasteiger partial charge >= 0.3 is 0 Å². The van der Waals surface area contributed by atoms with E-state index in [2.05, 4.69) is 85.0 Å². The average molecular weight is 511 g/mol. The third kappa shape index (κ3) is 3.92. The molecule has 8 atom stereocenters. The molecule has 0 aromatic heterocycles. The molecule has 1 aromatic carbocycles. The zero-order valence-corrected chi connectivity index (χ0v) is 25.0. The standard InChI is InChI=1S/C32H50O3Si/c1-21-11-13-22(14-12-21)32(34)20-23-18-24(33)19-27(35-36(7,8)29(2,3)4)31(23,6)26-15-17-30(5)16-9-10-25(30)28(26)32/h11-14,20,24-28,33-34H,9-10,15-19H2,1-8H3/t24-,25+,26+,27?,28+,30+,31+,32?/m1/s1. The van der Waals surface area contributed by atoms with Gasteiger partial charge in [0.25, 0.3) is 0 Å². The highest BCUT2D eigenvalue weighted by atomic mass is 28.4. The van der Waals surface area contributed by atoms with E-state index >= 15 is 0 Å². The molecule has 3 fully saturated rings. The number of hydrogen-bond acceptors (Lipinski definition) is 3. The van der Waals surface area contributed by atoms with Gasteiger partial charge in [0.05, 0.1) is 12.2 Å². The van der Waals surface area contributed by atoms with Crippen LogP contribution in [0.15, 0.2) is 35.9 Å². The van der Waals surface area contributed by atoms with Crippen molar-refractivity contribution >= 4 is 8.32 Å². The van der Waals surface area contributed by atoms with Gasteiger partial charge in [0.15, 0.2) is 8.32 Å². The van der Waals surface area contributed by atoms with E-state index in [0.29, 0.717) is 30.1 Å². The van der Waals surface area contributed by atoms with Crippen molar-refractivity contribution in [3.8, 4) is 0 Å². The molecule has 0 spiro atoms. The van der Waals surface area contributed by atoms with Crippen LogP contribution in [-0.2, 0) is 10.0 Å². The molecule has 0 aliphatic heterocycles. The normalized spacial score (nSPS) is 42.8. The van der Waals surface area contributed by atoms with Crippen LogP contribution >= 0.6 is 0 Å². The molecule has 4 aliphatic rings. The fourth-order valence-electron chi connectivity index (χ4n) is 8.52. The van der Waals surface area contributed by atoms with E-state index in [1.165, 1.54) is 36.8 Å². The summed E-state index contributed by atoms with van der Waals surface area (Å²) in [6.45, 7) is 18.7. The van der Waals surface area contributed by atoms with Gasteiger partial charge in [0.2, 0.25) is 0 Å². The van der Waals surface area contributed by atoms with Gasteiger partial charge in [-0.15, -0.1) is 0 Å². The largest absolute Gasteiger partial charge is 0.413 e. The molecule has 4 aliphatic carbocycles. The first-order chi connectivity index (χ1) is 16.6. The van der Waals surface area contributed by atoms with Crippen molar-refractivity contribution in [2.24, 2.45) is 28.6 Å². The van der Waals surface area contributed by atoms with Gasteiger partial charge in [-0.25, -0.2) is 0 Å². The van der Waals surface area contributed by atoms with E-state index in [1.54, 1.807) is 0 Å². The summed E-state index contributed by atoms with van der Waals surface area (Å²) in [5, 5.41) is 24.0. The third-order valence-corrected chi connectivity index (χ3v) is 16.3. The maximum atomic E-state index is 12.8. The molecule has 200 valence electrons. The van der Waals surface area contributed by atoms with Crippen LogP contribution in [-0.4, -0.2) is 30.7 Å². The Morgan fingerprint density at radius 1 is 1.00 bits per heavy atom. The predicted molar refractivity (Wildman–Crippen MR) is 150 cm³/mol. The summed E-state index contributed by atoms with van der Waals surface area (Å²) < 4.78 is 7.22. The van der Waals surface area contributed by atoms with Gasteiger partial charge in [0, 0.05) is 11.3 Å². The van der Waals surface area contributed by atoms with Crippen molar-refractivity contribution in [2.45, 2.75) is 122 Å². The summed E-state index contributed by atoms with van der Waals surface area (Å²) in [6, 6.07) is 8.58. The molecule has 4 heteroatoms. The number of aryl methyl sites for hydroxylation is 1. The van der Waals surface area contributed by atoms with Crippen LogP contribution in [0, 0.1) is 35.5 Å². The van der Waals surface area contributed by atoms with Crippen molar-refractivity contribution in [1.29, 1.82) is 0 Å². The number of fused-ring (bicyclic) bond motifs is 5. The highest BCUT2D eigenvalue weighted by Gasteiger charge is 2.65. The minimum atomic E-state index is -2.05. The van der Waals surface area contributed by atoms with Crippen molar-refractivity contribution in [1.82, 2.24) is 0 Å². The molecule has 0 bridgehead atoms. The summed E-state index contributed by atoms with van der Waals surface area (Å²) in [5.41, 5.74) is 2.64. The quantitative estimate of drug-likeness (QED) is 0.327. The van der Waals surface area contributed by atoms with Gasteiger partial charge in [-0.3, -0.25) is 0 Å². The molecule has 0 saturated heterocycles. The van der Waals surface area contributed by atoms with Crippen LogP contribution in [0.25, 0.3) is 0 Å². The second-order valence-corrected chi connectivity index (χ2v) is 19.7. The molecule has 2 unspecified atom stereocenters. The minimum absolute atomic E-state index is 0.00535. The lowest BCUT2D eigenvalue weighted by molar-refractivity contribution is -0.159. The number of aliphatic hydroxyl groups is 2. The Balaban J connectivity index is 1.68. The van der Waals surface area contributed by atoms with Crippen molar-refractivity contribution in [2.75, 3.05) is 0 Å². The fraction of sp³-hybridized carbons (Fsp3) is 0.750. The topological polar surface area (TPSA) is 49.7 Å². The monoisotopic (exact) mass is 510 g/mol. The summed E-state index contributed by atoms with van der Waals surface area (Å²) in [6.07, 6.45) is 9.27. The van der Waals surface area contributed by atoms with Gasteiger partial charge in [0.1, 0.15) is 5.60 Å². The van der Waals surface area contributed by atoms with Gasteiger partial charge in [-0.05, 0) is 92.5 Å². The van der Waals surface area contributed by atoms with Gasteiger partial charge < -0.3 is 14.6 Å². The Kier molecular flexibility index (Phi) is 6.32. The Hall–Kier alpha value is -0.943. The second-order valence-electron chi connectivity index (χ2n) is 14.9. The zero-order chi connectivity index (χ0) is 26.3. The Labute approximate surface area is 220 Å². The Bertz CT molecular complexity index is 1020. The summed E-state index contributed by atoms with van der Waals surface area (Å²) in [5.74, 6) is 1.04. The molecule has 3 nitrogen and oxygen atoms in total. The minimum Gasteiger partial charge on any atom is -0.413 e. The number of hydrogen-bond donors (Lipinski definition) is 2. The highest BCUT2D eigenvalue weighted by molar-refractivity contribution is 6.74. The summed E-state index contributed by atoms with van der Waals surface area (Å²) in [4.78, 5) is 0. The van der Waals surface area contributed by atoms with Crippen LogP contribution < -0.4 is 0 Å². The number of benzene rings is 1. The first kappa shape index (κ1) is 26.7. The lowest BCUT2D eigenvalue weighted by Gasteiger charge is -2.64. The Morgan fingerprint density at radius 2 is 1.67 bits per heavy atom. The van der Waals surface area contributed by atoms with Crippen LogP contribution in [0.1, 0.15) is 90.7 Å². The molecule has 0 heterocycles. The zero-order valence-electron chi connectivity index (χ0n) is 24.0. The van der Waals surface area contributed by atoms with E-state index in [9.17, 15) is 10.2 Å². The predicted octanol–water partition coefficient (Wildman–Crippen LogP) is 7.51. The molecule has 0 radical (unpaired) electrons. The summed E-state index contributed by atoms with van der Waals surface area (Å²) in [7, 11) is -2.05. The first-order valence-electron chi connectivity index (χ1n) is 14.5. The first-order valence-corrected chi connectivity index (χ1v) is 17.4. The second kappa shape index (κ2) is 8.53. The molecule has 0 amide bonds. The van der Waals surface area contributed by atoms with Gasteiger partial charge in [-0.2, -0.15) is 0 Å². The molecular weight excluding hydrogens is 460 g/mol. The lowest BCUT2D eigenvalue weighted by Crippen LogP contribution is -2.63. The SMILES string of the molecule is Cc1ccc(C2(O)C=C3C[C@@H](O)CC(O[Si](C)(C)C(C)(C)C)[C@]3(C)[C@H]3CC[C@]4(C)CCC[C@H]4[C@@H]32)cc1. The fourth-order valence-corrected chi connectivity index (χ4v) is 9.93. The van der Waals surface area contributed by atoms with E-state index in [0.717, 1.165) is 12.0 Å². The third-order valence-electron chi connectivity index (χ3n) is 11.8. The average Bonchev–Trinajstić information content (AvgIpc) is 3.16. The van der Waals surface area contributed by atoms with Crippen molar-refractivity contribution < 1.29 is 14.6 Å². The van der Waals surface area contributed by atoms with Crippen molar-refractivity contribution in [3.05, 3.63) is 47.0 Å². The van der Waals surface area contributed by atoms with Crippen LogP contribution in [0.5, 0.6) is 0 Å². The molecule has 3 saturated carbocycles. The lowest BCUT2D eigenvalue weighted by atomic mass is 9.43. The Morgan fingerprint density at radius 3 is 2.31 bits per heavy atom. The van der Waals surface area contributed by atoms with E-state index in [1.807, 2.05) is 0 Å². The van der Waals surface area contributed by atoms with Crippen LogP contribution in [0.2, 0.25) is 18.1 Å². The van der Waals surface area contributed by atoms with E-state index < -0.39 is 20.0 Å². The summed E-state index contributed by atoms with van der Waals surface area (Å²) >= 11 is 0. The van der Waals surface area contributed by atoms with E-state index in [-0.39, 0.29) is 22.5 Å². The molecule has 36 heavy (non-hydrogen) atoms. The molecule has 2 N–H and O–H groups in total. The highest BCUT2D eigenvalue weighted by Crippen LogP contribution is 2.69. The van der Waals surface area contributed by atoms with Gasteiger partial charge in [-0.1, -0.05) is 76.4 Å². The molecule has 5 rings (SSSR count). The van der Waals surface area contributed by atoms with Crippen LogP contribution in [0.4, 0.5) is 0 Å². The maximum absolute atomic E-state index is 12.8. The maximum Gasteiger partial charge on any atom is 0.192 e. The smallest absolute Gasteiger partial charge is 0.192 e. The molecule has 1 aromatic rings. The molecular formula is C32H50O3Si. The number of aliphatic hydroxyl groups excluding tert-OH is 1. The van der Waals surface area contributed by atoms with Crippen LogP contribution in [0.3, 0.4) is 0 Å². The van der Waals surface area contributed by atoms with E-state index in [4.69, 9.17) is 4.43 Å². The number of rotatable bonds is 3.